The molecule has 4 aromatic heterocycles. The van der Waals surface area contributed by atoms with E-state index in [9.17, 15) is 0 Å². The van der Waals surface area contributed by atoms with Gasteiger partial charge in [-0.05, 0) is 55.4 Å². The monoisotopic (exact) mass is 1070 g/mol. The molecular formula is C74H72N8+4. The minimum atomic E-state index is 0.565. The first-order valence-electron chi connectivity index (χ1n) is 29.0. The Bertz CT molecular complexity index is 3700. The summed E-state index contributed by atoms with van der Waals surface area (Å²) in [6, 6.07) is 73.1. The Kier molecular flexibility index (Phi) is 13.7. The van der Waals surface area contributed by atoms with Gasteiger partial charge in [0, 0.05) is 44.5 Å². The molecule has 1 aliphatic rings. The van der Waals surface area contributed by atoms with Gasteiger partial charge >= 0.3 is 0 Å². The van der Waals surface area contributed by atoms with Crippen molar-refractivity contribution < 1.29 is 18.3 Å². The van der Waals surface area contributed by atoms with Crippen molar-refractivity contribution in [1.82, 2.24) is 18.3 Å². The molecule has 0 aliphatic carbocycles. The predicted molar refractivity (Wildman–Crippen MR) is 331 cm³/mol. The fourth-order valence-electron chi connectivity index (χ4n) is 12.2. The van der Waals surface area contributed by atoms with E-state index < -0.39 is 0 Å². The van der Waals surface area contributed by atoms with Crippen LogP contribution in [0.15, 0.2) is 219 Å². The van der Waals surface area contributed by atoms with Crippen LogP contribution in [0.2, 0.25) is 0 Å². The largest absolute Gasteiger partial charge is 0.248 e. The lowest BCUT2D eigenvalue weighted by Gasteiger charge is -2.09. The Morgan fingerprint density at radius 1 is 0.207 bits per heavy atom. The molecule has 0 amide bonds. The molecule has 5 heterocycles. The second kappa shape index (κ2) is 21.6. The van der Waals surface area contributed by atoms with Crippen molar-refractivity contribution in [2.45, 2.75) is 94.9 Å². The predicted octanol–water partition coefficient (Wildman–Crippen LogP) is 14.6. The first-order chi connectivity index (χ1) is 39.9. The van der Waals surface area contributed by atoms with E-state index in [-0.39, 0.29) is 0 Å². The summed E-state index contributed by atoms with van der Waals surface area (Å²) in [5.41, 5.74) is 28.8. The van der Waals surface area contributed by atoms with E-state index in [1.54, 1.807) is 0 Å². The summed E-state index contributed by atoms with van der Waals surface area (Å²) in [6.07, 6.45) is 9.57. The zero-order chi connectivity index (χ0) is 56.2. The van der Waals surface area contributed by atoms with Crippen LogP contribution in [0.3, 0.4) is 0 Å². The number of aryl methyl sites for hydroxylation is 12. The summed E-state index contributed by atoms with van der Waals surface area (Å²) < 4.78 is 20.2. The van der Waals surface area contributed by atoms with Crippen LogP contribution in [0.25, 0.3) is 90.1 Å². The Morgan fingerprint density at radius 2 is 0.354 bits per heavy atom. The molecule has 1 aliphatic heterocycles. The average Bonchev–Trinajstić information content (AvgIpc) is 4.45. The number of rotatable bonds is 8. The SMILES string of the molecule is Cc1ccc(-c2c(-c3ccc(C)cc3)[n+]3cn2CCn2c[n+](c(-c4ccc(C)cc4)c2-c2ccc(C)cc2)C[n+]2cn(c(-c4ccc(C)cc4)c2-c2ccc(C)cc2)CCn2c[n+](c(-c4ccc(C)cc4)c2-c2ccc(C)cc2)C3)cc1. The third-order valence-corrected chi connectivity index (χ3v) is 16.7. The van der Waals surface area contributed by atoms with Crippen LogP contribution in [0, 0.1) is 55.4 Å². The van der Waals surface area contributed by atoms with Gasteiger partial charge in [-0.3, -0.25) is 0 Å². The van der Waals surface area contributed by atoms with Gasteiger partial charge in [0.25, 0.3) is 0 Å². The maximum absolute atomic E-state index is 2.53. The van der Waals surface area contributed by atoms with E-state index in [1.807, 2.05) is 0 Å². The van der Waals surface area contributed by atoms with Crippen molar-refractivity contribution in [1.29, 1.82) is 0 Å². The molecule has 0 saturated heterocycles. The van der Waals surface area contributed by atoms with E-state index in [1.165, 1.54) is 135 Å². The number of hydrogen-bond donors (Lipinski definition) is 0. The third-order valence-electron chi connectivity index (χ3n) is 16.7. The standard InChI is InChI=1S/C74H72N8/c1-51-9-25-59(26-10-51)67-71(63-33-17-55(5)18-34-63)79-45-75(67)41-42-76-46-81(73(65-37-21-57(7)22-38-65)68(76)60-27-11-52(2)12-28-60)50-82-48-78(70(62-31-15-54(4)16-32-62)74(82)66-39-23-58(8)24-40-66)44-43-77-47-80(49-79)72(64-35-19-56(6)20-36-64)69(77)61-29-13-53(3)14-30-61/h9-40,45-48H,41-44,49-50H2,1-8H3/q+4. The maximum Gasteiger partial charge on any atom is 0.248 e. The minimum Gasteiger partial charge on any atom is -0.225 e. The van der Waals surface area contributed by atoms with Crippen LogP contribution in [-0.2, 0) is 39.5 Å². The Hall–Kier alpha value is -9.40. The molecule has 8 heteroatoms. The Balaban J connectivity index is 1.13. The summed E-state index contributed by atoms with van der Waals surface area (Å²) >= 11 is 0. The smallest absolute Gasteiger partial charge is 0.225 e. The van der Waals surface area contributed by atoms with E-state index in [4.69, 9.17) is 0 Å². The topological polar surface area (TPSA) is 35.2 Å². The highest BCUT2D eigenvalue weighted by atomic mass is 15.3. The molecule has 0 unspecified atom stereocenters. The van der Waals surface area contributed by atoms with Crippen molar-refractivity contribution in [2.24, 2.45) is 0 Å². The van der Waals surface area contributed by atoms with E-state index >= 15 is 0 Å². The highest BCUT2D eigenvalue weighted by molar-refractivity contribution is 5.80. The summed E-state index contributed by atoms with van der Waals surface area (Å²) in [7, 11) is 0. The lowest BCUT2D eigenvalue weighted by Crippen LogP contribution is -2.52. The van der Waals surface area contributed by atoms with Crippen molar-refractivity contribution in [2.75, 3.05) is 0 Å². The molecule has 0 saturated carbocycles. The first kappa shape index (κ1) is 52.0. The van der Waals surface area contributed by atoms with Crippen LogP contribution in [0.4, 0.5) is 0 Å². The van der Waals surface area contributed by atoms with E-state index in [0.717, 1.165) is 0 Å². The molecule has 8 nitrogen and oxygen atoms in total. The number of aromatic nitrogens is 8. The highest BCUT2D eigenvalue weighted by Gasteiger charge is 2.36. The van der Waals surface area contributed by atoms with Gasteiger partial charge in [0.05, 0.1) is 0 Å². The lowest BCUT2D eigenvalue weighted by molar-refractivity contribution is -0.903. The van der Waals surface area contributed by atoms with Crippen molar-refractivity contribution in [3.63, 3.8) is 0 Å². The Labute approximate surface area is 483 Å². The van der Waals surface area contributed by atoms with Gasteiger partial charge in [0.2, 0.25) is 38.6 Å². The second-order valence-corrected chi connectivity index (χ2v) is 23.1. The van der Waals surface area contributed by atoms with Gasteiger partial charge < -0.3 is 0 Å². The third kappa shape index (κ3) is 10.0. The fraction of sp³-hybridized carbons (Fsp3) is 0.189. The van der Waals surface area contributed by atoms with Gasteiger partial charge in [0.1, 0.15) is 26.2 Å². The zero-order valence-corrected chi connectivity index (χ0v) is 48.6. The number of imidazole rings is 4. The van der Waals surface area contributed by atoms with Crippen molar-refractivity contribution >= 4 is 0 Å². The van der Waals surface area contributed by atoms with Crippen LogP contribution >= 0.6 is 0 Å². The molecule has 0 radical (unpaired) electrons. The van der Waals surface area contributed by atoms with E-state index in [0.29, 0.717) is 39.5 Å². The zero-order valence-electron chi connectivity index (χ0n) is 48.6. The summed E-state index contributed by atoms with van der Waals surface area (Å²) in [6.45, 7) is 21.4. The first-order valence-corrected chi connectivity index (χ1v) is 29.0. The number of nitrogens with zero attached hydrogens (tertiary/aromatic N) is 8. The molecule has 12 aromatic rings. The molecular weight excluding hydrogens is 1000 g/mol. The molecule has 82 heavy (non-hydrogen) atoms. The number of fused-ring (bicyclic) bond motifs is 8. The molecule has 8 bridgehead atoms. The van der Waals surface area contributed by atoms with Crippen LogP contribution in [0.5, 0.6) is 0 Å². The highest BCUT2D eigenvalue weighted by Crippen LogP contribution is 2.37. The molecule has 404 valence electrons. The minimum absolute atomic E-state index is 0.565. The molecule has 0 N–H and O–H groups in total. The van der Waals surface area contributed by atoms with E-state index in [2.05, 4.69) is 311 Å². The normalized spacial score (nSPS) is 12.6. The lowest BCUT2D eigenvalue weighted by atomic mass is 10.0. The fourth-order valence-corrected chi connectivity index (χ4v) is 12.2. The van der Waals surface area contributed by atoms with Crippen LogP contribution < -0.4 is 18.3 Å². The van der Waals surface area contributed by atoms with Gasteiger partial charge in [-0.1, -0.05) is 239 Å². The Morgan fingerprint density at radius 3 is 0.512 bits per heavy atom. The van der Waals surface area contributed by atoms with Gasteiger partial charge in [-0.15, -0.1) is 0 Å². The molecule has 13 rings (SSSR count). The summed E-state index contributed by atoms with van der Waals surface area (Å²) in [4.78, 5) is 0. The van der Waals surface area contributed by atoms with Crippen molar-refractivity contribution in [3.05, 3.63) is 264 Å². The van der Waals surface area contributed by atoms with Gasteiger partial charge in [0.15, 0.2) is 45.6 Å². The molecule has 0 spiro atoms. The maximum atomic E-state index is 2.53. The molecule has 0 fully saturated rings. The molecule has 0 atom stereocenters. The van der Waals surface area contributed by atoms with Crippen LogP contribution in [0.1, 0.15) is 44.5 Å². The average molecular weight is 1070 g/mol. The molecule has 8 aromatic carbocycles. The van der Waals surface area contributed by atoms with Gasteiger partial charge in [-0.25, -0.2) is 18.3 Å². The summed E-state index contributed by atoms with van der Waals surface area (Å²) in [5.74, 6) is 0. The second-order valence-electron chi connectivity index (χ2n) is 23.1. The summed E-state index contributed by atoms with van der Waals surface area (Å²) in [5, 5.41) is 0. The van der Waals surface area contributed by atoms with Crippen molar-refractivity contribution in [3.8, 4) is 90.1 Å². The van der Waals surface area contributed by atoms with Crippen LogP contribution in [-0.4, -0.2) is 18.3 Å². The quantitative estimate of drug-likeness (QED) is 0.136. The number of benzene rings is 8. The number of hydrogen-bond acceptors (Lipinski definition) is 0. The van der Waals surface area contributed by atoms with Gasteiger partial charge in [-0.2, -0.15) is 18.3 Å².